The lowest BCUT2D eigenvalue weighted by molar-refractivity contribution is -0.116. The third-order valence-electron chi connectivity index (χ3n) is 5.46. The lowest BCUT2D eigenvalue weighted by Gasteiger charge is -2.20. The van der Waals surface area contributed by atoms with Crippen LogP contribution in [-0.4, -0.2) is 30.4 Å². The van der Waals surface area contributed by atoms with E-state index in [1.54, 1.807) is 54.6 Å². The molecule has 6 heteroatoms. The Kier molecular flexibility index (Phi) is 5.69. The molecule has 3 aromatic carbocycles. The van der Waals surface area contributed by atoms with Crippen molar-refractivity contribution in [1.29, 1.82) is 0 Å². The van der Waals surface area contributed by atoms with Crippen LogP contribution in [0.5, 0.6) is 5.75 Å². The van der Waals surface area contributed by atoms with E-state index < -0.39 is 5.91 Å². The first-order valence-electron chi connectivity index (χ1n) is 10.2. The summed E-state index contributed by atoms with van der Waals surface area (Å²) in [6, 6.07) is 16.7. The van der Waals surface area contributed by atoms with Gasteiger partial charge in [-0.3, -0.25) is 19.2 Å². The highest BCUT2D eigenvalue weighted by Gasteiger charge is 2.31. The molecule has 0 radical (unpaired) electrons. The Morgan fingerprint density at radius 2 is 1.53 bits per heavy atom. The predicted octanol–water partition coefficient (Wildman–Crippen LogP) is 4.38. The SMILES string of the molecule is COc1ccc(C)cc1C(=O)CCC(=O)Nc1cccc2c1C(=O)c1ccccc1C2=O. The summed E-state index contributed by atoms with van der Waals surface area (Å²) in [6.45, 7) is 1.87. The van der Waals surface area contributed by atoms with E-state index in [4.69, 9.17) is 4.74 Å². The standard InChI is InChI=1S/C26H21NO5/c1-15-10-12-22(32-2)19(14-15)21(28)11-13-23(29)27-20-9-5-8-18-24(20)26(31)17-7-4-3-6-16(17)25(18)30/h3-10,12,14H,11,13H2,1-2H3,(H,27,29). The Hall–Kier alpha value is -4.06. The molecule has 1 aliphatic rings. The Morgan fingerprint density at radius 1 is 0.844 bits per heavy atom. The normalized spacial score (nSPS) is 12.1. The molecule has 4 rings (SSSR count). The summed E-state index contributed by atoms with van der Waals surface area (Å²) in [5.41, 5.74) is 2.71. The van der Waals surface area contributed by atoms with Crippen LogP contribution < -0.4 is 10.1 Å². The minimum Gasteiger partial charge on any atom is -0.496 e. The fraction of sp³-hybridized carbons (Fsp3) is 0.154. The number of ketones is 3. The number of nitrogens with one attached hydrogen (secondary N) is 1. The monoisotopic (exact) mass is 427 g/mol. The van der Waals surface area contributed by atoms with Crippen molar-refractivity contribution in [2.45, 2.75) is 19.8 Å². The summed E-state index contributed by atoms with van der Waals surface area (Å²) in [5, 5.41) is 2.70. The Balaban J connectivity index is 1.52. The smallest absolute Gasteiger partial charge is 0.224 e. The van der Waals surface area contributed by atoms with Gasteiger partial charge in [-0.2, -0.15) is 0 Å². The lowest BCUT2D eigenvalue weighted by Crippen LogP contribution is -2.24. The number of amides is 1. The number of ether oxygens (including phenoxy) is 1. The van der Waals surface area contributed by atoms with E-state index in [1.165, 1.54) is 7.11 Å². The molecule has 0 spiro atoms. The molecular formula is C26H21NO5. The topological polar surface area (TPSA) is 89.5 Å². The van der Waals surface area contributed by atoms with E-state index in [0.29, 0.717) is 22.4 Å². The highest BCUT2D eigenvalue weighted by molar-refractivity contribution is 6.30. The van der Waals surface area contributed by atoms with Gasteiger partial charge in [0, 0.05) is 29.5 Å². The van der Waals surface area contributed by atoms with Crippen LogP contribution in [0.25, 0.3) is 0 Å². The largest absolute Gasteiger partial charge is 0.496 e. The maximum atomic E-state index is 13.0. The van der Waals surface area contributed by atoms with Gasteiger partial charge < -0.3 is 10.1 Å². The van der Waals surface area contributed by atoms with Crippen molar-refractivity contribution in [2.24, 2.45) is 0 Å². The molecule has 0 saturated heterocycles. The summed E-state index contributed by atoms with van der Waals surface area (Å²) in [5.74, 6) is -0.742. The van der Waals surface area contributed by atoms with Crippen molar-refractivity contribution >= 4 is 28.9 Å². The number of carbonyl (C=O) groups excluding carboxylic acids is 4. The molecular weight excluding hydrogens is 406 g/mol. The second-order valence-corrected chi connectivity index (χ2v) is 7.61. The predicted molar refractivity (Wildman–Crippen MR) is 120 cm³/mol. The molecule has 0 aliphatic heterocycles. The second-order valence-electron chi connectivity index (χ2n) is 7.61. The minimum absolute atomic E-state index is 0.0175. The van der Waals surface area contributed by atoms with Crippen LogP contribution in [0.3, 0.4) is 0 Å². The molecule has 1 amide bonds. The van der Waals surface area contributed by atoms with Gasteiger partial charge in [0.2, 0.25) is 5.91 Å². The number of anilines is 1. The summed E-state index contributed by atoms with van der Waals surface area (Å²) in [6.07, 6.45) is -0.0886. The first-order chi connectivity index (χ1) is 15.4. The van der Waals surface area contributed by atoms with Crippen LogP contribution in [-0.2, 0) is 4.79 Å². The number of fused-ring (bicyclic) bond motifs is 2. The Bertz CT molecular complexity index is 1270. The molecule has 0 bridgehead atoms. The molecule has 160 valence electrons. The molecule has 3 aromatic rings. The van der Waals surface area contributed by atoms with Crippen molar-refractivity contribution in [3.05, 3.63) is 94.0 Å². The maximum absolute atomic E-state index is 13.0. The van der Waals surface area contributed by atoms with Gasteiger partial charge in [-0.05, 0) is 25.1 Å². The fourth-order valence-electron chi connectivity index (χ4n) is 3.86. The van der Waals surface area contributed by atoms with Crippen LogP contribution in [0.2, 0.25) is 0 Å². The first kappa shape index (κ1) is 21.2. The Morgan fingerprint density at radius 3 is 2.25 bits per heavy atom. The molecule has 1 aliphatic carbocycles. The van der Waals surface area contributed by atoms with Gasteiger partial charge in [-0.15, -0.1) is 0 Å². The van der Waals surface area contributed by atoms with Crippen LogP contribution in [0.4, 0.5) is 5.69 Å². The van der Waals surface area contributed by atoms with Crippen molar-refractivity contribution < 1.29 is 23.9 Å². The zero-order chi connectivity index (χ0) is 22.8. The van der Waals surface area contributed by atoms with Gasteiger partial charge in [0.15, 0.2) is 17.3 Å². The minimum atomic E-state index is -0.419. The molecule has 0 fully saturated rings. The van der Waals surface area contributed by atoms with E-state index in [-0.39, 0.29) is 47.0 Å². The summed E-state index contributed by atoms with van der Waals surface area (Å²) < 4.78 is 5.25. The van der Waals surface area contributed by atoms with Crippen LogP contribution in [0.1, 0.15) is 60.6 Å². The number of benzene rings is 3. The van der Waals surface area contributed by atoms with E-state index in [0.717, 1.165) is 5.56 Å². The second kappa shape index (κ2) is 8.59. The van der Waals surface area contributed by atoms with Crippen LogP contribution in [0, 0.1) is 6.92 Å². The van der Waals surface area contributed by atoms with Crippen LogP contribution >= 0.6 is 0 Å². The average molecular weight is 427 g/mol. The third kappa shape index (κ3) is 3.83. The summed E-state index contributed by atoms with van der Waals surface area (Å²) in [7, 11) is 1.49. The molecule has 0 aromatic heterocycles. The van der Waals surface area contributed by atoms with Crippen LogP contribution in [0.15, 0.2) is 60.7 Å². The Labute approximate surface area is 185 Å². The number of Topliss-reactive ketones (excluding diaryl/α,β-unsaturated/α-hetero) is 1. The van der Waals surface area contributed by atoms with Gasteiger partial charge in [0.25, 0.3) is 0 Å². The van der Waals surface area contributed by atoms with Gasteiger partial charge in [0.1, 0.15) is 5.75 Å². The van der Waals surface area contributed by atoms with Crippen molar-refractivity contribution in [3.8, 4) is 5.75 Å². The summed E-state index contributed by atoms with van der Waals surface area (Å²) in [4.78, 5) is 51.1. The van der Waals surface area contributed by atoms with Gasteiger partial charge in [0.05, 0.1) is 23.9 Å². The zero-order valence-electron chi connectivity index (χ0n) is 17.7. The molecule has 32 heavy (non-hydrogen) atoms. The van der Waals surface area contributed by atoms with Gasteiger partial charge in [-0.25, -0.2) is 0 Å². The van der Waals surface area contributed by atoms with Crippen molar-refractivity contribution in [2.75, 3.05) is 12.4 Å². The molecule has 0 unspecified atom stereocenters. The highest BCUT2D eigenvalue weighted by atomic mass is 16.5. The van der Waals surface area contributed by atoms with Crippen molar-refractivity contribution in [3.63, 3.8) is 0 Å². The highest BCUT2D eigenvalue weighted by Crippen LogP contribution is 2.32. The quantitative estimate of drug-likeness (QED) is 0.461. The van der Waals surface area contributed by atoms with E-state index in [2.05, 4.69) is 5.32 Å². The number of rotatable bonds is 6. The molecule has 0 saturated carbocycles. The van der Waals surface area contributed by atoms with Crippen molar-refractivity contribution in [1.82, 2.24) is 0 Å². The van der Waals surface area contributed by atoms with E-state index >= 15 is 0 Å². The van der Waals surface area contributed by atoms with Gasteiger partial charge in [-0.1, -0.05) is 48.0 Å². The molecule has 1 N–H and O–H groups in total. The van der Waals surface area contributed by atoms with E-state index in [1.807, 2.05) is 13.0 Å². The lowest BCUT2D eigenvalue weighted by atomic mass is 9.83. The molecule has 6 nitrogen and oxygen atoms in total. The first-order valence-corrected chi connectivity index (χ1v) is 10.2. The van der Waals surface area contributed by atoms with E-state index in [9.17, 15) is 19.2 Å². The third-order valence-corrected chi connectivity index (χ3v) is 5.46. The fourth-order valence-corrected chi connectivity index (χ4v) is 3.86. The number of carbonyl (C=O) groups is 4. The zero-order valence-corrected chi connectivity index (χ0v) is 17.7. The molecule has 0 atom stereocenters. The number of methoxy groups -OCH3 is 1. The number of hydrogen-bond acceptors (Lipinski definition) is 5. The molecule has 0 heterocycles. The van der Waals surface area contributed by atoms with Gasteiger partial charge >= 0.3 is 0 Å². The number of hydrogen-bond donors (Lipinski definition) is 1. The maximum Gasteiger partial charge on any atom is 0.224 e. The summed E-state index contributed by atoms with van der Waals surface area (Å²) >= 11 is 0. The number of aryl methyl sites for hydroxylation is 1. The average Bonchev–Trinajstić information content (AvgIpc) is 2.81.